The maximum Gasteiger partial charge on any atom is 0.191 e. The first kappa shape index (κ1) is 24.6. The summed E-state index contributed by atoms with van der Waals surface area (Å²) in [7, 11) is 0. The van der Waals surface area contributed by atoms with Crippen molar-refractivity contribution in [1.82, 2.24) is 30.3 Å². The number of aliphatic imine (C=N–C) groups is 1. The molecule has 3 rings (SSSR count). The average Bonchev–Trinajstić information content (AvgIpc) is 3.05. The monoisotopic (exact) mass is 525 g/mol. The minimum atomic E-state index is 0. The molecule has 0 atom stereocenters. The van der Waals surface area contributed by atoms with E-state index in [-0.39, 0.29) is 24.0 Å². The molecule has 0 aliphatic carbocycles. The van der Waals surface area contributed by atoms with E-state index in [1.165, 1.54) is 0 Å². The smallest absolute Gasteiger partial charge is 0.191 e. The van der Waals surface area contributed by atoms with Crippen molar-refractivity contribution in [2.24, 2.45) is 4.99 Å². The molecule has 1 fully saturated rings. The van der Waals surface area contributed by atoms with Crippen molar-refractivity contribution in [3.8, 4) is 5.82 Å². The van der Waals surface area contributed by atoms with Crippen LogP contribution < -0.4 is 10.6 Å². The molecule has 2 aromatic heterocycles. The third-order valence-electron chi connectivity index (χ3n) is 5.40. The van der Waals surface area contributed by atoms with Gasteiger partial charge in [-0.3, -0.25) is 0 Å². The van der Waals surface area contributed by atoms with Crippen LogP contribution in [0.3, 0.4) is 0 Å². The minimum Gasteiger partial charge on any atom is -0.357 e. The molecule has 0 saturated carbocycles. The highest BCUT2D eigenvalue weighted by Gasteiger charge is 2.21. The van der Waals surface area contributed by atoms with Gasteiger partial charge in [0.15, 0.2) is 11.8 Å². The summed E-state index contributed by atoms with van der Waals surface area (Å²) in [4.78, 5) is 11.9. The molecule has 0 radical (unpaired) electrons. The lowest BCUT2D eigenvalue weighted by atomic mass is 10.0. The normalized spacial score (nSPS) is 15.9. The van der Waals surface area contributed by atoms with Crippen LogP contribution in [0.5, 0.6) is 0 Å². The van der Waals surface area contributed by atoms with E-state index in [4.69, 9.17) is 4.99 Å². The quantitative estimate of drug-likeness (QED) is 0.344. The number of rotatable bonds is 6. The summed E-state index contributed by atoms with van der Waals surface area (Å²) in [6.45, 7) is 14.4. The summed E-state index contributed by atoms with van der Waals surface area (Å²) in [5.41, 5.74) is 3.17. The highest BCUT2D eigenvalue weighted by Crippen LogP contribution is 2.13. The van der Waals surface area contributed by atoms with Crippen LogP contribution in [0.2, 0.25) is 0 Å². The molecule has 3 heterocycles. The fourth-order valence-electron chi connectivity index (χ4n) is 3.74. The van der Waals surface area contributed by atoms with Gasteiger partial charge >= 0.3 is 0 Å². The van der Waals surface area contributed by atoms with Crippen LogP contribution in [-0.4, -0.2) is 57.3 Å². The van der Waals surface area contributed by atoms with Crippen molar-refractivity contribution in [3.63, 3.8) is 0 Å². The molecule has 7 nitrogen and oxygen atoms in total. The van der Waals surface area contributed by atoms with Gasteiger partial charge < -0.3 is 15.5 Å². The standard InChI is InChI=1S/C22H35N7.HI/c1-6-23-22(26-20-9-11-28(12-10-20)16(2)3)25-15-19-7-8-21(24-14-19)29-18(5)13-17(4)27-29;/h7-8,13-14,16,20H,6,9-12,15H2,1-5H3,(H2,23,25,26);1H. The molecular weight excluding hydrogens is 489 g/mol. The number of aryl methyl sites for hydroxylation is 2. The number of nitrogens with zero attached hydrogens (tertiary/aromatic N) is 5. The maximum atomic E-state index is 4.77. The van der Waals surface area contributed by atoms with Crippen molar-refractivity contribution in [3.05, 3.63) is 41.3 Å². The molecule has 30 heavy (non-hydrogen) atoms. The molecule has 2 N–H and O–H groups in total. The van der Waals surface area contributed by atoms with Crippen LogP contribution in [0, 0.1) is 13.8 Å². The summed E-state index contributed by atoms with van der Waals surface area (Å²) < 4.78 is 1.87. The number of hydrogen-bond donors (Lipinski definition) is 2. The Morgan fingerprint density at radius 2 is 1.97 bits per heavy atom. The first-order valence-electron chi connectivity index (χ1n) is 10.7. The first-order chi connectivity index (χ1) is 14.0. The second-order valence-corrected chi connectivity index (χ2v) is 8.11. The number of likely N-dealkylation sites (tertiary alicyclic amines) is 1. The molecule has 2 aromatic rings. The maximum absolute atomic E-state index is 4.77. The number of pyridine rings is 1. The summed E-state index contributed by atoms with van der Waals surface area (Å²) in [6, 6.07) is 7.25. The Labute approximate surface area is 197 Å². The molecule has 166 valence electrons. The highest BCUT2D eigenvalue weighted by molar-refractivity contribution is 14.0. The molecule has 0 bridgehead atoms. The van der Waals surface area contributed by atoms with E-state index < -0.39 is 0 Å². The van der Waals surface area contributed by atoms with E-state index in [2.05, 4.69) is 58.5 Å². The average molecular weight is 525 g/mol. The van der Waals surface area contributed by atoms with Gasteiger partial charge in [0, 0.05) is 43.6 Å². The lowest BCUT2D eigenvalue weighted by Gasteiger charge is -2.35. The number of piperidine rings is 1. The number of aromatic nitrogens is 3. The van der Waals surface area contributed by atoms with Crippen molar-refractivity contribution < 1.29 is 0 Å². The van der Waals surface area contributed by atoms with Gasteiger partial charge in [0.2, 0.25) is 0 Å². The topological polar surface area (TPSA) is 70.4 Å². The van der Waals surface area contributed by atoms with Crippen molar-refractivity contribution in [1.29, 1.82) is 0 Å². The molecule has 0 spiro atoms. The highest BCUT2D eigenvalue weighted by atomic mass is 127. The molecule has 1 aliphatic rings. The van der Waals surface area contributed by atoms with Gasteiger partial charge in [-0.15, -0.1) is 24.0 Å². The van der Waals surface area contributed by atoms with Crippen molar-refractivity contribution >= 4 is 29.9 Å². The zero-order valence-corrected chi connectivity index (χ0v) is 21.2. The summed E-state index contributed by atoms with van der Waals surface area (Å²) in [6.07, 6.45) is 4.20. The van der Waals surface area contributed by atoms with E-state index in [0.717, 1.165) is 61.2 Å². The van der Waals surface area contributed by atoms with Crippen LogP contribution in [0.25, 0.3) is 5.82 Å². The van der Waals surface area contributed by atoms with E-state index in [1.807, 2.05) is 30.8 Å². The third-order valence-corrected chi connectivity index (χ3v) is 5.40. The van der Waals surface area contributed by atoms with Crippen LogP contribution >= 0.6 is 24.0 Å². The molecule has 0 aromatic carbocycles. The number of hydrogen-bond acceptors (Lipinski definition) is 4. The largest absolute Gasteiger partial charge is 0.357 e. The Morgan fingerprint density at radius 1 is 1.23 bits per heavy atom. The van der Waals surface area contributed by atoms with E-state index >= 15 is 0 Å². The van der Waals surface area contributed by atoms with Crippen LogP contribution in [0.4, 0.5) is 0 Å². The Kier molecular flexibility index (Phi) is 9.54. The van der Waals surface area contributed by atoms with Gasteiger partial charge in [-0.1, -0.05) is 6.07 Å². The summed E-state index contributed by atoms with van der Waals surface area (Å²) >= 11 is 0. The van der Waals surface area contributed by atoms with E-state index in [1.54, 1.807) is 0 Å². The molecule has 8 heteroatoms. The number of halogens is 1. The molecule has 1 saturated heterocycles. The van der Waals surface area contributed by atoms with Crippen molar-refractivity contribution in [2.45, 2.75) is 66.1 Å². The van der Waals surface area contributed by atoms with Crippen LogP contribution in [0.15, 0.2) is 29.4 Å². The lowest BCUT2D eigenvalue weighted by Crippen LogP contribution is -2.49. The molecular formula is C22H36IN7. The second-order valence-electron chi connectivity index (χ2n) is 8.11. The number of nitrogens with one attached hydrogen (secondary N) is 2. The van der Waals surface area contributed by atoms with Gasteiger partial charge in [-0.2, -0.15) is 5.10 Å². The zero-order valence-electron chi connectivity index (χ0n) is 18.9. The van der Waals surface area contributed by atoms with Gasteiger partial charge in [-0.05, 0) is 65.2 Å². The SMILES string of the molecule is CCNC(=NCc1ccc(-n2nc(C)cc2C)nc1)NC1CCN(C(C)C)CC1.I. The molecule has 0 amide bonds. The van der Waals surface area contributed by atoms with Gasteiger partial charge in [0.05, 0.1) is 12.2 Å². The Bertz CT molecular complexity index is 805. The van der Waals surface area contributed by atoms with Crippen LogP contribution in [-0.2, 0) is 6.54 Å². The van der Waals surface area contributed by atoms with Gasteiger partial charge in [-0.25, -0.2) is 14.7 Å². The molecule has 1 aliphatic heterocycles. The fourth-order valence-corrected chi connectivity index (χ4v) is 3.74. The summed E-state index contributed by atoms with van der Waals surface area (Å²) in [5, 5.41) is 11.5. The lowest BCUT2D eigenvalue weighted by molar-refractivity contribution is 0.167. The summed E-state index contributed by atoms with van der Waals surface area (Å²) in [5.74, 6) is 1.73. The molecule has 0 unspecified atom stereocenters. The third kappa shape index (κ3) is 6.66. The van der Waals surface area contributed by atoms with E-state index in [9.17, 15) is 0 Å². The number of guanidine groups is 1. The van der Waals surface area contributed by atoms with E-state index in [0.29, 0.717) is 18.6 Å². The van der Waals surface area contributed by atoms with Gasteiger partial charge in [0.1, 0.15) is 0 Å². The predicted octanol–water partition coefficient (Wildman–Crippen LogP) is 3.43. The first-order valence-corrected chi connectivity index (χ1v) is 10.7. The fraction of sp³-hybridized carbons (Fsp3) is 0.591. The second kappa shape index (κ2) is 11.6. The Hall–Kier alpha value is -1.68. The Morgan fingerprint density at radius 3 is 2.50 bits per heavy atom. The van der Waals surface area contributed by atoms with Gasteiger partial charge in [0.25, 0.3) is 0 Å². The Balaban J connectivity index is 0.00000320. The zero-order chi connectivity index (χ0) is 20.8. The minimum absolute atomic E-state index is 0. The van der Waals surface area contributed by atoms with Crippen molar-refractivity contribution in [2.75, 3.05) is 19.6 Å². The predicted molar refractivity (Wildman–Crippen MR) is 134 cm³/mol. The van der Waals surface area contributed by atoms with Crippen LogP contribution in [0.1, 0.15) is 50.6 Å².